The topological polar surface area (TPSA) is 78.9 Å². The average Bonchev–Trinajstić information content (AvgIpc) is 3.27. The molecule has 0 aromatic rings. The lowest BCUT2D eigenvalue weighted by Crippen LogP contribution is -2.30. The number of carbonyl (C=O) groups excluding carboxylic acids is 3. The molecule has 0 rings (SSSR count). The monoisotopic (exact) mass is 869 g/mol. The number of esters is 3. The molecule has 0 aliphatic rings. The van der Waals surface area contributed by atoms with Gasteiger partial charge in [-0.15, -0.1) is 0 Å². The molecule has 0 heterocycles. The summed E-state index contributed by atoms with van der Waals surface area (Å²) < 4.78 is 16.8. The second-order valence-electron chi connectivity index (χ2n) is 17.8. The highest BCUT2D eigenvalue weighted by molar-refractivity contribution is 5.71. The van der Waals surface area contributed by atoms with Crippen molar-refractivity contribution in [2.75, 3.05) is 13.2 Å². The van der Waals surface area contributed by atoms with Crippen molar-refractivity contribution in [2.45, 2.75) is 277 Å². The summed E-state index contributed by atoms with van der Waals surface area (Å²) in [6, 6.07) is 0. The molecule has 62 heavy (non-hydrogen) atoms. The highest BCUT2D eigenvalue weighted by Crippen LogP contribution is 2.15. The lowest BCUT2D eigenvalue weighted by molar-refractivity contribution is -0.167. The zero-order valence-corrected chi connectivity index (χ0v) is 41.1. The minimum Gasteiger partial charge on any atom is -0.462 e. The van der Waals surface area contributed by atoms with Crippen LogP contribution >= 0.6 is 0 Å². The molecule has 0 aromatic heterocycles. The van der Waals surface area contributed by atoms with Gasteiger partial charge in [0.2, 0.25) is 0 Å². The minimum absolute atomic E-state index is 0.0874. The number of hydrogen-bond acceptors (Lipinski definition) is 6. The third kappa shape index (κ3) is 48.4. The maximum atomic E-state index is 12.8. The van der Waals surface area contributed by atoms with Crippen LogP contribution in [0, 0.1) is 0 Å². The summed E-state index contributed by atoms with van der Waals surface area (Å²) in [5, 5.41) is 0. The molecule has 360 valence electrons. The Labute approximate surface area is 384 Å². The van der Waals surface area contributed by atoms with Gasteiger partial charge in [-0.05, 0) is 83.5 Å². The second-order valence-corrected chi connectivity index (χ2v) is 17.8. The van der Waals surface area contributed by atoms with E-state index in [4.69, 9.17) is 14.2 Å². The summed E-state index contributed by atoms with van der Waals surface area (Å²) in [5.41, 5.74) is 0. The van der Waals surface area contributed by atoms with E-state index < -0.39 is 6.10 Å². The Morgan fingerprint density at radius 1 is 0.323 bits per heavy atom. The molecule has 0 spiro atoms. The molecule has 1 atom stereocenters. The van der Waals surface area contributed by atoms with E-state index in [2.05, 4.69) is 69.4 Å². The van der Waals surface area contributed by atoms with Gasteiger partial charge in [-0.2, -0.15) is 0 Å². The normalized spacial score (nSPS) is 12.4. The molecule has 0 aliphatic heterocycles. The van der Waals surface area contributed by atoms with Crippen LogP contribution in [0.15, 0.2) is 48.6 Å². The van der Waals surface area contributed by atoms with Crippen molar-refractivity contribution >= 4 is 17.9 Å². The Hall–Kier alpha value is -2.63. The molecular formula is C56H100O6. The fourth-order valence-electron chi connectivity index (χ4n) is 7.50. The predicted octanol–water partition coefficient (Wildman–Crippen LogP) is 17.5. The van der Waals surface area contributed by atoms with Gasteiger partial charge in [0, 0.05) is 19.3 Å². The Bertz CT molecular complexity index is 1090. The first-order valence-electron chi connectivity index (χ1n) is 26.6. The van der Waals surface area contributed by atoms with Gasteiger partial charge in [0.1, 0.15) is 13.2 Å². The van der Waals surface area contributed by atoms with Crippen LogP contribution in [0.25, 0.3) is 0 Å². The van der Waals surface area contributed by atoms with Crippen LogP contribution in [-0.2, 0) is 28.6 Å². The van der Waals surface area contributed by atoms with Crippen molar-refractivity contribution in [1.29, 1.82) is 0 Å². The van der Waals surface area contributed by atoms with Crippen LogP contribution in [0.2, 0.25) is 0 Å². The van der Waals surface area contributed by atoms with Crippen molar-refractivity contribution in [2.24, 2.45) is 0 Å². The molecule has 0 N–H and O–H groups in total. The van der Waals surface area contributed by atoms with E-state index in [1.807, 2.05) is 0 Å². The van der Waals surface area contributed by atoms with E-state index in [-0.39, 0.29) is 37.5 Å². The van der Waals surface area contributed by atoms with E-state index in [1.165, 1.54) is 161 Å². The molecular weight excluding hydrogens is 769 g/mol. The number of unbranched alkanes of at least 4 members (excludes halogenated alkanes) is 29. The van der Waals surface area contributed by atoms with Crippen LogP contribution in [-0.4, -0.2) is 37.2 Å². The van der Waals surface area contributed by atoms with Gasteiger partial charge in [-0.3, -0.25) is 14.4 Å². The third-order valence-electron chi connectivity index (χ3n) is 11.6. The van der Waals surface area contributed by atoms with E-state index >= 15 is 0 Å². The lowest BCUT2D eigenvalue weighted by atomic mass is 10.0. The summed E-state index contributed by atoms with van der Waals surface area (Å²) in [6.07, 6.45) is 60.9. The van der Waals surface area contributed by atoms with Crippen molar-refractivity contribution in [3.8, 4) is 0 Å². The fourth-order valence-corrected chi connectivity index (χ4v) is 7.50. The average molecular weight is 869 g/mol. The molecule has 0 aromatic carbocycles. The highest BCUT2D eigenvalue weighted by Gasteiger charge is 2.19. The number of ether oxygens (including phenoxy) is 3. The first-order valence-corrected chi connectivity index (χ1v) is 26.6. The first-order chi connectivity index (χ1) is 30.5. The Morgan fingerprint density at radius 3 is 0.984 bits per heavy atom. The molecule has 0 saturated heterocycles. The predicted molar refractivity (Wildman–Crippen MR) is 265 cm³/mol. The van der Waals surface area contributed by atoms with Crippen molar-refractivity contribution in [1.82, 2.24) is 0 Å². The van der Waals surface area contributed by atoms with Gasteiger partial charge >= 0.3 is 17.9 Å². The van der Waals surface area contributed by atoms with Gasteiger partial charge < -0.3 is 14.2 Å². The van der Waals surface area contributed by atoms with Crippen LogP contribution in [0.4, 0.5) is 0 Å². The Balaban J connectivity index is 4.41. The number of rotatable bonds is 48. The maximum absolute atomic E-state index is 12.8. The smallest absolute Gasteiger partial charge is 0.306 e. The highest BCUT2D eigenvalue weighted by atomic mass is 16.6. The molecule has 0 amide bonds. The van der Waals surface area contributed by atoms with Crippen molar-refractivity contribution in [3.05, 3.63) is 48.6 Å². The summed E-state index contributed by atoms with van der Waals surface area (Å²) in [5.74, 6) is -0.922. The van der Waals surface area contributed by atoms with E-state index in [9.17, 15) is 14.4 Å². The zero-order valence-electron chi connectivity index (χ0n) is 41.1. The fraction of sp³-hybridized carbons (Fsp3) is 0.804. The quantitative estimate of drug-likeness (QED) is 0.0262. The molecule has 6 nitrogen and oxygen atoms in total. The van der Waals surface area contributed by atoms with Gasteiger partial charge in [0.05, 0.1) is 0 Å². The second kappa shape index (κ2) is 51.0. The Morgan fingerprint density at radius 2 is 0.581 bits per heavy atom. The van der Waals surface area contributed by atoms with Crippen LogP contribution < -0.4 is 0 Å². The van der Waals surface area contributed by atoms with Crippen molar-refractivity contribution in [3.63, 3.8) is 0 Å². The van der Waals surface area contributed by atoms with E-state index in [0.29, 0.717) is 19.3 Å². The number of carbonyl (C=O) groups is 3. The molecule has 0 aliphatic carbocycles. The third-order valence-corrected chi connectivity index (χ3v) is 11.6. The number of hydrogen-bond donors (Lipinski definition) is 0. The van der Waals surface area contributed by atoms with Gasteiger partial charge in [-0.1, -0.05) is 217 Å². The largest absolute Gasteiger partial charge is 0.462 e. The summed E-state index contributed by atoms with van der Waals surface area (Å²) >= 11 is 0. The van der Waals surface area contributed by atoms with Crippen LogP contribution in [0.3, 0.4) is 0 Å². The molecule has 0 fully saturated rings. The standard InChI is InChI=1S/C56H100O6/c1-4-7-10-13-16-19-22-25-27-28-30-31-34-37-40-43-46-49-55(58)61-52-53(51-60-54(57)48-45-42-39-36-33-24-21-18-15-12-9-6-3)62-56(59)50-47-44-41-38-35-32-29-26-23-20-17-14-11-8-5-2/h17,20,25-27,29,35,38,53H,4-16,18-19,21-24,28,30-34,36-37,39-52H2,1-3H3/b20-17-,27-25-,29-26-,38-35-/t53-/m0/s1. The van der Waals surface area contributed by atoms with Gasteiger partial charge in [0.25, 0.3) is 0 Å². The molecule has 6 heteroatoms. The molecule has 0 unspecified atom stereocenters. The van der Waals surface area contributed by atoms with Crippen LogP contribution in [0.5, 0.6) is 0 Å². The zero-order chi connectivity index (χ0) is 45.1. The lowest BCUT2D eigenvalue weighted by Gasteiger charge is -2.18. The summed E-state index contributed by atoms with van der Waals surface area (Å²) in [4.78, 5) is 38.0. The van der Waals surface area contributed by atoms with Crippen LogP contribution in [0.1, 0.15) is 271 Å². The summed E-state index contributed by atoms with van der Waals surface area (Å²) in [6.45, 7) is 6.58. The molecule has 0 saturated carbocycles. The van der Waals surface area contributed by atoms with Crippen molar-refractivity contribution < 1.29 is 28.6 Å². The van der Waals surface area contributed by atoms with E-state index in [0.717, 1.165) is 64.2 Å². The molecule has 0 bridgehead atoms. The van der Waals surface area contributed by atoms with Gasteiger partial charge in [0.15, 0.2) is 6.10 Å². The Kier molecular flexibility index (Phi) is 48.8. The first kappa shape index (κ1) is 59.4. The number of allylic oxidation sites excluding steroid dienone is 8. The van der Waals surface area contributed by atoms with Gasteiger partial charge in [-0.25, -0.2) is 0 Å². The van der Waals surface area contributed by atoms with E-state index in [1.54, 1.807) is 0 Å². The minimum atomic E-state index is -0.791. The maximum Gasteiger partial charge on any atom is 0.306 e. The summed E-state index contributed by atoms with van der Waals surface area (Å²) in [7, 11) is 0. The SMILES string of the molecule is CCCCC/C=C\C/C=C\C/C=C\CCCCC(=O)O[C@H](COC(=O)CCCCCCCCC/C=C\CCCCCCCC)COC(=O)CCCCCCCCCCCCCC. The molecule has 0 radical (unpaired) electrons.